The van der Waals surface area contributed by atoms with E-state index in [9.17, 15) is 5.11 Å². The molecule has 3 fully saturated rings. The number of rotatable bonds is 6. The Kier molecular flexibility index (Phi) is 7.94. The van der Waals surface area contributed by atoms with Gasteiger partial charge in [0.25, 0.3) is 0 Å². The van der Waals surface area contributed by atoms with Gasteiger partial charge in [-0.3, -0.25) is 0 Å². The van der Waals surface area contributed by atoms with Gasteiger partial charge >= 0.3 is 0 Å². The number of hydrogen-bond acceptors (Lipinski definition) is 16. The normalized spacial score (nSPS) is 27.8. The van der Waals surface area contributed by atoms with Gasteiger partial charge in [-0.15, -0.1) is 75.7 Å². The summed E-state index contributed by atoms with van der Waals surface area (Å²) in [6.07, 6.45) is 4.86. The highest BCUT2D eigenvalue weighted by atomic mass is 32.2. The molecule has 0 radical (unpaired) electrons. The van der Waals surface area contributed by atoms with Crippen molar-refractivity contribution < 1.29 is 9.50 Å². The van der Waals surface area contributed by atoms with Gasteiger partial charge in [-0.05, 0) is 48.4 Å². The second-order valence-corrected chi connectivity index (χ2v) is 17.8. The molecular formula is C23H27FN8OS8. The number of benzene rings is 1. The van der Waals surface area contributed by atoms with E-state index in [1.807, 2.05) is 0 Å². The van der Waals surface area contributed by atoms with Crippen molar-refractivity contribution in [3.63, 3.8) is 0 Å². The van der Waals surface area contributed by atoms with Crippen LogP contribution in [0, 0.1) is 11.8 Å². The third kappa shape index (κ3) is 4.94. The number of tetrazole rings is 1. The SMILES string of the molecule is Oc1cc(-c2nnn(C(S)(S)S)n2)ccc1-c1ncc(N([C@H]2C[C@@H]3CCC[C@@H](C3)[C@H]2F)C2(S)C(S)(S)C2(S)S)nn1. The number of phenols is 1. The van der Waals surface area contributed by atoms with Gasteiger partial charge in [-0.2, -0.15) is 50.5 Å². The van der Waals surface area contributed by atoms with Crippen LogP contribution in [0.25, 0.3) is 22.8 Å². The molecular weight excluding hydrogens is 680 g/mol. The molecule has 0 spiro atoms. The van der Waals surface area contributed by atoms with E-state index in [1.165, 1.54) is 12.3 Å². The van der Waals surface area contributed by atoms with Crippen molar-refractivity contribution in [1.82, 2.24) is 35.4 Å². The Hall–Kier alpha value is -0.370. The van der Waals surface area contributed by atoms with E-state index in [1.54, 1.807) is 17.0 Å². The van der Waals surface area contributed by atoms with Gasteiger partial charge in [0.1, 0.15) is 25.0 Å². The Labute approximate surface area is 280 Å². The molecule has 0 unspecified atom stereocenters. The molecule has 3 aliphatic carbocycles. The monoisotopic (exact) mass is 706 g/mol. The van der Waals surface area contributed by atoms with E-state index < -0.39 is 28.8 Å². The molecule has 220 valence electrons. The first kappa shape index (κ1) is 30.6. The lowest BCUT2D eigenvalue weighted by molar-refractivity contribution is 0.0622. The van der Waals surface area contributed by atoms with Gasteiger partial charge in [0, 0.05) is 5.56 Å². The van der Waals surface area contributed by atoms with E-state index in [-0.39, 0.29) is 23.3 Å². The minimum atomic E-state index is -1.24. The Morgan fingerprint density at radius 3 is 2.29 bits per heavy atom. The minimum Gasteiger partial charge on any atom is -0.507 e. The van der Waals surface area contributed by atoms with Crippen LogP contribution in [0.1, 0.15) is 32.1 Å². The van der Waals surface area contributed by atoms with Crippen molar-refractivity contribution in [3.05, 3.63) is 24.4 Å². The van der Waals surface area contributed by atoms with Crippen LogP contribution >= 0.6 is 101 Å². The number of nitrogens with zero attached hydrogens (tertiary/aromatic N) is 8. The lowest BCUT2D eigenvalue weighted by atomic mass is 9.69. The molecule has 2 bridgehead atoms. The maximum atomic E-state index is 16.1. The smallest absolute Gasteiger partial charge is 0.213 e. The molecule has 3 aliphatic rings. The summed E-state index contributed by atoms with van der Waals surface area (Å²) in [4.78, 5) is 6.21. The molecule has 2 aromatic heterocycles. The number of fused-ring (bicyclic) bond motifs is 2. The third-order valence-corrected chi connectivity index (χ3v) is 13.7. The zero-order valence-corrected chi connectivity index (χ0v) is 28.3. The Morgan fingerprint density at radius 2 is 1.71 bits per heavy atom. The van der Waals surface area contributed by atoms with E-state index >= 15 is 4.39 Å². The summed E-state index contributed by atoms with van der Waals surface area (Å²) < 4.78 is 12.6. The molecule has 2 heterocycles. The van der Waals surface area contributed by atoms with E-state index in [4.69, 9.17) is 63.1 Å². The summed E-state index contributed by atoms with van der Waals surface area (Å²) in [6, 6.07) is 4.22. The van der Waals surface area contributed by atoms with Crippen molar-refractivity contribution in [2.24, 2.45) is 11.8 Å². The van der Waals surface area contributed by atoms with Crippen LogP contribution in [-0.4, -0.2) is 65.7 Å². The van der Waals surface area contributed by atoms with E-state index in [0.29, 0.717) is 29.3 Å². The predicted octanol–water partition coefficient (Wildman–Crippen LogP) is 4.73. The molecule has 0 amide bonds. The summed E-state index contributed by atoms with van der Waals surface area (Å²) >= 11 is 36.3. The minimum absolute atomic E-state index is 0.0365. The number of phenolic OH excluding ortho intramolecular Hbond substituents is 1. The highest BCUT2D eigenvalue weighted by Crippen LogP contribution is 2.76. The van der Waals surface area contributed by atoms with Crippen LogP contribution in [0.3, 0.4) is 0 Å². The number of aromatic hydroxyl groups is 1. The molecule has 41 heavy (non-hydrogen) atoms. The fraction of sp³-hybridized carbons (Fsp3) is 0.565. The van der Waals surface area contributed by atoms with Crippen LogP contribution in [0.4, 0.5) is 10.2 Å². The van der Waals surface area contributed by atoms with E-state index in [2.05, 4.69) is 68.5 Å². The summed E-state index contributed by atoms with van der Waals surface area (Å²) in [5.41, 5.74) is 0.824. The average Bonchev–Trinajstić information content (AvgIpc) is 3.29. The molecule has 4 atom stereocenters. The summed E-state index contributed by atoms with van der Waals surface area (Å²) in [7, 11) is 0. The van der Waals surface area contributed by atoms with Crippen LogP contribution < -0.4 is 4.90 Å². The summed E-state index contributed by atoms with van der Waals surface area (Å²) in [5, 5.41) is 31.6. The van der Waals surface area contributed by atoms with Gasteiger partial charge in [-0.1, -0.05) is 18.9 Å². The zero-order valence-electron chi connectivity index (χ0n) is 21.1. The Morgan fingerprint density at radius 1 is 0.976 bits per heavy atom. The summed E-state index contributed by atoms with van der Waals surface area (Å²) in [5.74, 6) is 0.963. The third-order valence-electron chi connectivity index (χ3n) is 8.27. The molecule has 3 aromatic rings. The lowest BCUT2D eigenvalue weighted by Gasteiger charge is -2.48. The average molecular weight is 707 g/mol. The predicted molar refractivity (Wildman–Crippen MR) is 183 cm³/mol. The lowest BCUT2D eigenvalue weighted by Crippen LogP contribution is -2.56. The first-order chi connectivity index (χ1) is 19.2. The topological polar surface area (TPSA) is 106 Å². The van der Waals surface area contributed by atoms with Gasteiger partial charge < -0.3 is 10.0 Å². The van der Waals surface area contributed by atoms with Crippen molar-refractivity contribution in [2.75, 3.05) is 4.90 Å². The highest BCUT2D eigenvalue weighted by Gasteiger charge is 2.85. The fourth-order valence-corrected chi connectivity index (χ4v) is 9.08. The van der Waals surface area contributed by atoms with Gasteiger partial charge in [0.15, 0.2) is 11.6 Å². The Bertz CT molecular complexity index is 1450. The van der Waals surface area contributed by atoms with Crippen molar-refractivity contribution in [1.29, 1.82) is 0 Å². The standard InChI is InChI=1S/C23H27FN8OS8/c24-17-11-3-1-2-10(6-11)7-14(17)31(20(34)21(35,36)22(20,37)38)16-9-25-19(27-26-16)13-5-4-12(8-15(13)33)18-28-30-32(29-18)23(39,40)41/h4-5,8-11,14,17,33-41H,1-3,6-7H2/t10-,11+,14+,17-/m1/s1. The number of aromatic nitrogens is 7. The largest absolute Gasteiger partial charge is 0.507 e. The number of anilines is 1. The van der Waals surface area contributed by atoms with Gasteiger partial charge in [0.2, 0.25) is 9.36 Å². The fourth-order valence-electron chi connectivity index (χ4n) is 6.07. The molecule has 0 aliphatic heterocycles. The number of halogens is 1. The van der Waals surface area contributed by atoms with Gasteiger partial charge in [0.05, 0.1) is 17.8 Å². The van der Waals surface area contributed by atoms with Crippen LogP contribution in [0.5, 0.6) is 5.75 Å². The van der Waals surface area contributed by atoms with Crippen molar-refractivity contribution in [2.45, 2.75) is 60.9 Å². The Balaban J connectivity index is 1.32. The van der Waals surface area contributed by atoms with Crippen LogP contribution in [0.2, 0.25) is 0 Å². The second-order valence-electron chi connectivity index (χ2n) is 10.8. The molecule has 3 saturated carbocycles. The number of alkyl halides is 1. The van der Waals surface area contributed by atoms with Crippen LogP contribution in [0.15, 0.2) is 24.4 Å². The molecule has 1 N–H and O–H groups in total. The van der Waals surface area contributed by atoms with Gasteiger partial charge in [-0.25, -0.2) is 9.37 Å². The molecule has 18 heteroatoms. The maximum absolute atomic E-state index is 16.1. The quantitative estimate of drug-likeness (QED) is 0.134. The molecule has 1 aromatic carbocycles. The van der Waals surface area contributed by atoms with E-state index in [0.717, 1.165) is 30.5 Å². The van der Waals surface area contributed by atoms with Crippen molar-refractivity contribution in [3.8, 4) is 28.5 Å². The first-order valence-corrected chi connectivity index (χ1v) is 16.3. The second kappa shape index (κ2) is 10.6. The highest BCUT2D eigenvalue weighted by molar-refractivity contribution is 8.15. The molecule has 0 saturated heterocycles. The number of hydrogen-bond donors (Lipinski definition) is 9. The number of thiol groups is 8. The zero-order chi connectivity index (χ0) is 29.5. The molecule has 6 rings (SSSR count). The first-order valence-electron chi connectivity index (χ1n) is 12.7. The van der Waals surface area contributed by atoms with Crippen molar-refractivity contribution >= 4 is 107 Å². The maximum Gasteiger partial charge on any atom is 0.213 e. The molecule has 9 nitrogen and oxygen atoms in total. The summed E-state index contributed by atoms with van der Waals surface area (Å²) in [6.45, 7) is 0. The van der Waals surface area contributed by atoms with Crippen LogP contribution in [-0.2, 0) is 3.54 Å².